The van der Waals surface area contributed by atoms with Crippen molar-refractivity contribution in [2.45, 2.75) is 44.8 Å². The topological polar surface area (TPSA) is 49.8 Å². The highest BCUT2D eigenvalue weighted by Crippen LogP contribution is 2.23. The SMILES string of the molecule is CC(c1ccc(O)cc1)N(C)C(=O)CC1CCCCO1. The number of ether oxygens (including phenoxy) is 1. The lowest BCUT2D eigenvalue weighted by Gasteiger charge is -2.28. The molecule has 4 heteroatoms. The molecule has 0 radical (unpaired) electrons. The summed E-state index contributed by atoms with van der Waals surface area (Å²) >= 11 is 0. The van der Waals surface area contributed by atoms with Crippen LogP contribution in [0.5, 0.6) is 5.75 Å². The fourth-order valence-electron chi connectivity index (χ4n) is 2.50. The monoisotopic (exact) mass is 277 g/mol. The first-order chi connectivity index (χ1) is 9.58. The van der Waals surface area contributed by atoms with Crippen molar-refractivity contribution in [3.05, 3.63) is 29.8 Å². The average Bonchev–Trinajstić information content (AvgIpc) is 2.47. The average molecular weight is 277 g/mol. The van der Waals surface area contributed by atoms with Gasteiger partial charge in [-0.1, -0.05) is 12.1 Å². The molecule has 2 unspecified atom stereocenters. The zero-order chi connectivity index (χ0) is 14.5. The molecule has 1 aromatic rings. The van der Waals surface area contributed by atoms with E-state index in [1.165, 1.54) is 0 Å². The smallest absolute Gasteiger partial charge is 0.225 e. The Morgan fingerprint density at radius 3 is 2.70 bits per heavy atom. The third-order valence-electron chi connectivity index (χ3n) is 4.03. The predicted molar refractivity (Wildman–Crippen MR) is 77.5 cm³/mol. The molecule has 1 aromatic carbocycles. The number of phenols is 1. The zero-order valence-electron chi connectivity index (χ0n) is 12.2. The van der Waals surface area contributed by atoms with Gasteiger partial charge in [-0.15, -0.1) is 0 Å². The van der Waals surface area contributed by atoms with Gasteiger partial charge < -0.3 is 14.7 Å². The molecule has 1 N–H and O–H groups in total. The van der Waals surface area contributed by atoms with Crippen LogP contribution in [0.25, 0.3) is 0 Å². The van der Waals surface area contributed by atoms with Crippen LogP contribution in [0.2, 0.25) is 0 Å². The Kier molecular flexibility index (Phi) is 5.01. The highest BCUT2D eigenvalue weighted by atomic mass is 16.5. The molecule has 1 aliphatic heterocycles. The van der Waals surface area contributed by atoms with Crippen molar-refractivity contribution >= 4 is 5.91 Å². The molecule has 0 spiro atoms. The van der Waals surface area contributed by atoms with Gasteiger partial charge in [0.05, 0.1) is 18.6 Å². The van der Waals surface area contributed by atoms with E-state index >= 15 is 0 Å². The van der Waals surface area contributed by atoms with Crippen LogP contribution in [-0.2, 0) is 9.53 Å². The van der Waals surface area contributed by atoms with Gasteiger partial charge in [0.2, 0.25) is 5.91 Å². The molecule has 1 saturated heterocycles. The number of phenolic OH excluding ortho intramolecular Hbond substituents is 1. The van der Waals surface area contributed by atoms with E-state index in [0.717, 1.165) is 31.4 Å². The van der Waals surface area contributed by atoms with Crippen molar-refractivity contribution in [3.8, 4) is 5.75 Å². The lowest BCUT2D eigenvalue weighted by Crippen LogP contribution is -2.33. The molecule has 1 heterocycles. The normalized spacial score (nSPS) is 20.4. The minimum absolute atomic E-state index is 0.00769. The minimum Gasteiger partial charge on any atom is -0.508 e. The molecule has 4 nitrogen and oxygen atoms in total. The van der Waals surface area contributed by atoms with Crippen LogP contribution < -0.4 is 0 Å². The quantitative estimate of drug-likeness (QED) is 0.920. The van der Waals surface area contributed by atoms with E-state index < -0.39 is 0 Å². The van der Waals surface area contributed by atoms with Crippen molar-refractivity contribution in [3.63, 3.8) is 0 Å². The van der Waals surface area contributed by atoms with Crippen LogP contribution in [0.4, 0.5) is 0 Å². The Morgan fingerprint density at radius 1 is 1.40 bits per heavy atom. The van der Waals surface area contributed by atoms with Gasteiger partial charge in [-0.25, -0.2) is 0 Å². The molecule has 1 aliphatic rings. The van der Waals surface area contributed by atoms with E-state index in [0.29, 0.717) is 6.42 Å². The maximum absolute atomic E-state index is 12.3. The second kappa shape index (κ2) is 6.75. The number of nitrogens with zero attached hydrogens (tertiary/aromatic N) is 1. The van der Waals surface area contributed by atoms with Crippen LogP contribution in [0.1, 0.15) is 44.2 Å². The van der Waals surface area contributed by atoms with Gasteiger partial charge in [0, 0.05) is 13.7 Å². The number of hydrogen-bond donors (Lipinski definition) is 1. The molecule has 20 heavy (non-hydrogen) atoms. The number of rotatable bonds is 4. The molecule has 110 valence electrons. The summed E-state index contributed by atoms with van der Waals surface area (Å²) in [7, 11) is 1.82. The van der Waals surface area contributed by atoms with Gasteiger partial charge in [-0.05, 0) is 43.9 Å². The molecular formula is C16H23NO3. The molecule has 2 rings (SSSR count). The van der Waals surface area contributed by atoms with E-state index in [2.05, 4.69) is 0 Å². The molecular weight excluding hydrogens is 254 g/mol. The van der Waals surface area contributed by atoms with Crippen molar-refractivity contribution in [1.82, 2.24) is 4.90 Å². The molecule has 0 bridgehead atoms. The number of carbonyl (C=O) groups excluding carboxylic acids is 1. The van der Waals surface area contributed by atoms with Gasteiger partial charge in [-0.3, -0.25) is 4.79 Å². The largest absolute Gasteiger partial charge is 0.508 e. The second-order valence-electron chi connectivity index (χ2n) is 5.46. The van der Waals surface area contributed by atoms with Crippen molar-refractivity contribution in [1.29, 1.82) is 0 Å². The van der Waals surface area contributed by atoms with Crippen molar-refractivity contribution in [2.75, 3.05) is 13.7 Å². The highest BCUT2D eigenvalue weighted by Gasteiger charge is 2.23. The van der Waals surface area contributed by atoms with Crippen LogP contribution in [0.3, 0.4) is 0 Å². The third kappa shape index (κ3) is 3.73. The minimum atomic E-state index is -0.00769. The fraction of sp³-hybridized carbons (Fsp3) is 0.562. The number of amides is 1. The number of benzene rings is 1. The van der Waals surface area contributed by atoms with E-state index in [9.17, 15) is 9.90 Å². The highest BCUT2D eigenvalue weighted by molar-refractivity contribution is 5.77. The summed E-state index contributed by atoms with van der Waals surface area (Å²) in [5, 5.41) is 9.31. The second-order valence-corrected chi connectivity index (χ2v) is 5.46. The zero-order valence-corrected chi connectivity index (χ0v) is 12.2. The Morgan fingerprint density at radius 2 is 2.10 bits per heavy atom. The summed E-state index contributed by atoms with van der Waals surface area (Å²) in [4.78, 5) is 14.0. The molecule has 2 atom stereocenters. The lowest BCUT2D eigenvalue weighted by molar-refractivity contribution is -0.135. The summed E-state index contributed by atoms with van der Waals surface area (Å²) in [6.07, 6.45) is 3.76. The van der Waals surface area contributed by atoms with E-state index in [1.807, 2.05) is 26.1 Å². The Hall–Kier alpha value is -1.55. The summed E-state index contributed by atoms with van der Waals surface area (Å²) in [6, 6.07) is 6.98. The predicted octanol–water partition coefficient (Wildman–Crippen LogP) is 2.87. The molecule has 1 fully saturated rings. The fourth-order valence-corrected chi connectivity index (χ4v) is 2.50. The number of carbonyl (C=O) groups is 1. The van der Waals surface area contributed by atoms with E-state index in [4.69, 9.17) is 4.74 Å². The van der Waals surface area contributed by atoms with Crippen molar-refractivity contribution < 1.29 is 14.6 Å². The first kappa shape index (κ1) is 14.9. The van der Waals surface area contributed by atoms with Gasteiger partial charge in [0.25, 0.3) is 0 Å². The van der Waals surface area contributed by atoms with Crippen LogP contribution in [-0.4, -0.2) is 35.7 Å². The molecule has 0 aromatic heterocycles. The Bertz CT molecular complexity index is 438. The summed E-state index contributed by atoms with van der Waals surface area (Å²) in [5.74, 6) is 0.350. The summed E-state index contributed by atoms with van der Waals surface area (Å²) in [5.41, 5.74) is 1.02. The lowest BCUT2D eigenvalue weighted by atomic mass is 10.0. The molecule has 0 saturated carbocycles. The van der Waals surface area contributed by atoms with Crippen molar-refractivity contribution in [2.24, 2.45) is 0 Å². The Labute approximate surface area is 120 Å². The van der Waals surface area contributed by atoms with Gasteiger partial charge in [0.15, 0.2) is 0 Å². The Balaban J connectivity index is 1.93. The van der Waals surface area contributed by atoms with Crippen LogP contribution >= 0.6 is 0 Å². The number of aromatic hydroxyl groups is 1. The van der Waals surface area contributed by atoms with E-state index in [-0.39, 0.29) is 23.8 Å². The first-order valence-corrected chi connectivity index (χ1v) is 7.24. The molecule has 0 aliphatic carbocycles. The summed E-state index contributed by atoms with van der Waals surface area (Å²) in [6.45, 7) is 2.77. The summed E-state index contributed by atoms with van der Waals surface area (Å²) < 4.78 is 5.62. The maximum atomic E-state index is 12.3. The first-order valence-electron chi connectivity index (χ1n) is 7.24. The molecule has 1 amide bonds. The third-order valence-corrected chi connectivity index (χ3v) is 4.03. The van der Waals surface area contributed by atoms with Gasteiger partial charge in [-0.2, -0.15) is 0 Å². The van der Waals surface area contributed by atoms with E-state index in [1.54, 1.807) is 17.0 Å². The number of hydrogen-bond acceptors (Lipinski definition) is 3. The van der Waals surface area contributed by atoms with Crippen LogP contribution in [0, 0.1) is 0 Å². The maximum Gasteiger partial charge on any atom is 0.225 e. The van der Waals surface area contributed by atoms with Gasteiger partial charge in [0.1, 0.15) is 5.75 Å². The van der Waals surface area contributed by atoms with Crippen LogP contribution in [0.15, 0.2) is 24.3 Å². The van der Waals surface area contributed by atoms with Gasteiger partial charge >= 0.3 is 0 Å². The standard InChI is InChI=1S/C16H23NO3/c1-12(13-6-8-14(18)9-7-13)17(2)16(19)11-15-5-3-4-10-20-15/h6-9,12,15,18H,3-5,10-11H2,1-2H3.